The van der Waals surface area contributed by atoms with Crippen LogP contribution in [0.4, 0.5) is 27.5 Å². The lowest BCUT2D eigenvalue weighted by Crippen LogP contribution is -2.47. The number of hydrogen-bond donors (Lipinski definition) is 3. The first-order valence-electron chi connectivity index (χ1n) is 13.4. The van der Waals surface area contributed by atoms with Crippen LogP contribution in [-0.4, -0.2) is 57.9 Å². The van der Waals surface area contributed by atoms with Crippen molar-refractivity contribution in [1.29, 1.82) is 0 Å². The predicted octanol–water partition coefficient (Wildman–Crippen LogP) is 4.96. The monoisotopic (exact) mass is 529 g/mol. The maximum atomic E-state index is 13.2. The van der Waals surface area contributed by atoms with Gasteiger partial charge in [0, 0.05) is 49.3 Å². The van der Waals surface area contributed by atoms with Gasteiger partial charge in [-0.1, -0.05) is 12.1 Å². The number of carbonyl (C=O) groups excluding carboxylic acids is 2. The topological polar surface area (TPSA) is 95.2 Å². The van der Waals surface area contributed by atoms with Gasteiger partial charge in [-0.15, -0.1) is 0 Å². The molecule has 9 nitrogen and oxygen atoms in total. The van der Waals surface area contributed by atoms with E-state index in [-0.39, 0.29) is 18.0 Å². The molecule has 1 saturated heterocycles. The Hall–Kier alpha value is -4.40. The summed E-state index contributed by atoms with van der Waals surface area (Å²) in [5, 5.41) is 8.79. The molecule has 3 N–H and O–H groups in total. The van der Waals surface area contributed by atoms with Crippen LogP contribution in [0, 0.1) is 0 Å². The lowest BCUT2D eigenvalue weighted by atomic mass is 10.1. The van der Waals surface area contributed by atoms with E-state index < -0.39 is 0 Å². The number of hydrogen-bond acceptors (Lipinski definition) is 6. The van der Waals surface area contributed by atoms with E-state index >= 15 is 0 Å². The summed E-state index contributed by atoms with van der Waals surface area (Å²) in [4.78, 5) is 30.5. The summed E-state index contributed by atoms with van der Waals surface area (Å²) in [6.45, 7) is 5.62. The first kappa shape index (κ1) is 26.2. The molecule has 5 rings (SSSR count). The van der Waals surface area contributed by atoms with Gasteiger partial charge in [0.05, 0.1) is 25.0 Å². The number of ether oxygens (including phenoxy) is 2. The third kappa shape index (κ3) is 6.54. The standard InChI is InChI=1S/C30H35N5O4/c1-3-39-24-13-10-22(11-14-24)32-30(37)33-23-12-15-26(25(20-23)29(36)31-21-8-9-21)34-16-18-35(19-17-34)27-6-4-5-7-28(27)38-2/h4-7,10-15,20-21H,3,8-9,16-19H2,1-2H3,(H,31,36)(H2,32,33,37). The summed E-state index contributed by atoms with van der Waals surface area (Å²) in [5.74, 6) is 1.48. The summed E-state index contributed by atoms with van der Waals surface area (Å²) in [7, 11) is 1.69. The van der Waals surface area contributed by atoms with Gasteiger partial charge < -0.3 is 35.2 Å². The minimum atomic E-state index is -0.383. The molecular formula is C30H35N5O4. The molecule has 3 aromatic carbocycles. The molecular weight excluding hydrogens is 494 g/mol. The zero-order valence-electron chi connectivity index (χ0n) is 22.4. The molecule has 9 heteroatoms. The highest BCUT2D eigenvalue weighted by atomic mass is 16.5. The molecule has 1 saturated carbocycles. The minimum Gasteiger partial charge on any atom is -0.495 e. The smallest absolute Gasteiger partial charge is 0.323 e. The fourth-order valence-electron chi connectivity index (χ4n) is 4.74. The van der Waals surface area contributed by atoms with E-state index in [0.717, 1.165) is 61.9 Å². The van der Waals surface area contributed by atoms with Gasteiger partial charge in [-0.2, -0.15) is 0 Å². The number of nitrogens with zero attached hydrogens (tertiary/aromatic N) is 2. The third-order valence-electron chi connectivity index (χ3n) is 6.88. The van der Waals surface area contributed by atoms with Crippen molar-refractivity contribution < 1.29 is 19.1 Å². The van der Waals surface area contributed by atoms with Crippen LogP contribution in [0.3, 0.4) is 0 Å². The Balaban J connectivity index is 1.28. The van der Waals surface area contributed by atoms with E-state index in [1.165, 1.54) is 0 Å². The SMILES string of the molecule is CCOc1ccc(NC(=O)Nc2ccc(N3CCN(c4ccccc4OC)CC3)c(C(=O)NC3CC3)c2)cc1. The molecule has 2 fully saturated rings. The second-order valence-corrected chi connectivity index (χ2v) is 9.66. The lowest BCUT2D eigenvalue weighted by Gasteiger charge is -2.38. The van der Waals surface area contributed by atoms with Gasteiger partial charge in [0.15, 0.2) is 0 Å². The summed E-state index contributed by atoms with van der Waals surface area (Å²) in [6, 6.07) is 20.6. The predicted molar refractivity (Wildman–Crippen MR) is 155 cm³/mol. The van der Waals surface area contributed by atoms with Crippen LogP contribution in [0.15, 0.2) is 66.7 Å². The van der Waals surface area contributed by atoms with Gasteiger partial charge in [0.1, 0.15) is 11.5 Å². The van der Waals surface area contributed by atoms with Crippen molar-refractivity contribution in [2.45, 2.75) is 25.8 Å². The highest BCUT2D eigenvalue weighted by Gasteiger charge is 2.28. The molecule has 1 aliphatic carbocycles. The van der Waals surface area contributed by atoms with E-state index in [4.69, 9.17) is 9.47 Å². The summed E-state index contributed by atoms with van der Waals surface area (Å²) in [5.41, 5.74) is 3.70. The Kier molecular flexibility index (Phi) is 8.05. The molecule has 0 aromatic heterocycles. The number of amides is 3. The fourth-order valence-corrected chi connectivity index (χ4v) is 4.74. The van der Waals surface area contributed by atoms with Gasteiger partial charge in [0.25, 0.3) is 5.91 Å². The van der Waals surface area contributed by atoms with Crippen molar-refractivity contribution in [2.75, 3.05) is 60.3 Å². The number of para-hydroxylation sites is 2. The van der Waals surface area contributed by atoms with Crippen molar-refractivity contribution >= 4 is 34.7 Å². The fraction of sp³-hybridized carbons (Fsp3) is 0.333. The minimum absolute atomic E-state index is 0.116. The molecule has 2 aliphatic rings. The van der Waals surface area contributed by atoms with Crippen molar-refractivity contribution in [3.05, 3.63) is 72.3 Å². The number of methoxy groups -OCH3 is 1. The van der Waals surface area contributed by atoms with Crippen LogP contribution in [0.5, 0.6) is 11.5 Å². The van der Waals surface area contributed by atoms with Crippen molar-refractivity contribution in [3.63, 3.8) is 0 Å². The van der Waals surface area contributed by atoms with Crippen LogP contribution in [-0.2, 0) is 0 Å². The Morgan fingerprint density at radius 1 is 0.846 bits per heavy atom. The maximum absolute atomic E-state index is 13.2. The quantitative estimate of drug-likeness (QED) is 0.363. The van der Waals surface area contributed by atoms with Crippen molar-refractivity contribution in [1.82, 2.24) is 5.32 Å². The van der Waals surface area contributed by atoms with Gasteiger partial charge >= 0.3 is 6.03 Å². The van der Waals surface area contributed by atoms with E-state index in [9.17, 15) is 9.59 Å². The van der Waals surface area contributed by atoms with Crippen molar-refractivity contribution in [3.8, 4) is 11.5 Å². The van der Waals surface area contributed by atoms with Gasteiger partial charge in [0.2, 0.25) is 0 Å². The Morgan fingerprint density at radius 2 is 1.49 bits per heavy atom. The number of benzene rings is 3. The highest BCUT2D eigenvalue weighted by molar-refractivity contribution is 6.04. The van der Waals surface area contributed by atoms with Gasteiger partial charge in [-0.3, -0.25) is 4.79 Å². The Morgan fingerprint density at radius 3 is 2.15 bits per heavy atom. The molecule has 0 spiro atoms. The maximum Gasteiger partial charge on any atom is 0.323 e. The van der Waals surface area contributed by atoms with E-state index in [1.807, 2.05) is 49.4 Å². The van der Waals surface area contributed by atoms with E-state index in [0.29, 0.717) is 23.5 Å². The number of urea groups is 1. The first-order chi connectivity index (χ1) is 19.0. The lowest BCUT2D eigenvalue weighted by molar-refractivity contribution is 0.0951. The molecule has 3 aromatic rings. The van der Waals surface area contributed by atoms with Crippen LogP contribution in [0.2, 0.25) is 0 Å². The second kappa shape index (κ2) is 12.0. The summed E-state index contributed by atoms with van der Waals surface area (Å²) >= 11 is 0. The van der Waals surface area contributed by atoms with E-state index in [1.54, 1.807) is 25.3 Å². The molecule has 0 atom stereocenters. The number of anilines is 4. The zero-order chi connectivity index (χ0) is 27.2. The average Bonchev–Trinajstić information content (AvgIpc) is 3.78. The van der Waals surface area contributed by atoms with Crippen molar-refractivity contribution in [2.24, 2.45) is 0 Å². The molecule has 3 amide bonds. The number of carbonyl (C=O) groups is 2. The largest absolute Gasteiger partial charge is 0.495 e. The Bertz CT molecular complexity index is 1300. The van der Waals surface area contributed by atoms with E-state index in [2.05, 4.69) is 31.8 Å². The average molecular weight is 530 g/mol. The van der Waals surface area contributed by atoms with Gasteiger partial charge in [-0.25, -0.2) is 4.79 Å². The molecule has 1 heterocycles. The van der Waals surface area contributed by atoms with Gasteiger partial charge in [-0.05, 0) is 74.4 Å². The molecule has 204 valence electrons. The number of nitrogens with one attached hydrogen (secondary N) is 3. The molecule has 0 bridgehead atoms. The highest BCUT2D eigenvalue weighted by Crippen LogP contribution is 2.31. The zero-order valence-corrected chi connectivity index (χ0v) is 22.4. The first-order valence-corrected chi connectivity index (χ1v) is 13.4. The number of rotatable bonds is 9. The molecule has 1 aliphatic heterocycles. The molecule has 0 radical (unpaired) electrons. The Labute approximate surface area is 229 Å². The normalized spacial score (nSPS) is 14.9. The molecule has 0 unspecified atom stereocenters. The molecule has 39 heavy (non-hydrogen) atoms. The number of piperazine rings is 1. The summed E-state index contributed by atoms with van der Waals surface area (Å²) in [6.07, 6.45) is 2.00. The third-order valence-corrected chi connectivity index (χ3v) is 6.88. The van der Waals surface area contributed by atoms with Crippen LogP contribution in [0.25, 0.3) is 0 Å². The van der Waals surface area contributed by atoms with Crippen LogP contribution >= 0.6 is 0 Å². The van der Waals surface area contributed by atoms with Crippen LogP contribution < -0.4 is 35.2 Å². The second-order valence-electron chi connectivity index (χ2n) is 9.66. The summed E-state index contributed by atoms with van der Waals surface area (Å²) < 4.78 is 11.0. The van der Waals surface area contributed by atoms with Crippen LogP contribution in [0.1, 0.15) is 30.1 Å².